The van der Waals surface area contributed by atoms with Crippen LogP contribution < -0.4 is 20.5 Å². The number of phenols is 3. The number of hydrogen-bond donors (Lipinski definition) is 5. The smallest absolute Gasteiger partial charge is 0.256 e. The van der Waals surface area contributed by atoms with E-state index in [1.54, 1.807) is 24.3 Å². The number of amides is 2. The molecular formula is C33H34N2O11. The highest BCUT2D eigenvalue weighted by molar-refractivity contribution is 6.31. The number of carbonyl (C=O) groups is 4. The predicted molar refractivity (Wildman–Crippen MR) is 165 cm³/mol. The van der Waals surface area contributed by atoms with Crippen molar-refractivity contribution in [3.63, 3.8) is 0 Å². The van der Waals surface area contributed by atoms with Crippen LogP contribution in [0.25, 0.3) is 5.57 Å². The normalized spacial score (nSPS) is 12.2. The number of anilines is 1. The van der Waals surface area contributed by atoms with E-state index in [0.717, 1.165) is 0 Å². The number of phenolic OH excluding ortho intramolecular Hbond substituents is 2. The molecule has 13 nitrogen and oxygen atoms in total. The van der Waals surface area contributed by atoms with Crippen LogP contribution in [-0.4, -0.2) is 78.8 Å². The largest absolute Gasteiger partial charge is 0.508 e. The van der Waals surface area contributed by atoms with Gasteiger partial charge in [-0.1, -0.05) is 18.2 Å². The molecule has 0 bridgehead atoms. The Bertz CT molecular complexity index is 1650. The van der Waals surface area contributed by atoms with Gasteiger partial charge >= 0.3 is 0 Å². The third-order valence-corrected chi connectivity index (χ3v) is 6.98. The monoisotopic (exact) mass is 634 g/mol. The van der Waals surface area contributed by atoms with E-state index in [4.69, 9.17) is 24.7 Å². The maximum absolute atomic E-state index is 13.0. The molecule has 0 saturated heterocycles. The number of primary amides is 1. The van der Waals surface area contributed by atoms with Crippen molar-refractivity contribution in [2.75, 3.05) is 45.5 Å². The van der Waals surface area contributed by atoms with Gasteiger partial charge in [0, 0.05) is 24.7 Å². The van der Waals surface area contributed by atoms with Crippen molar-refractivity contribution in [1.82, 2.24) is 0 Å². The van der Waals surface area contributed by atoms with Crippen molar-refractivity contribution in [3.8, 4) is 28.7 Å². The van der Waals surface area contributed by atoms with E-state index in [-0.39, 0.29) is 90.8 Å². The van der Waals surface area contributed by atoms with Gasteiger partial charge in [0.05, 0.1) is 31.6 Å². The molecule has 3 aromatic rings. The lowest BCUT2D eigenvalue weighted by Crippen LogP contribution is -2.21. The topological polar surface area (TPSA) is 204 Å². The van der Waals surface area contributed by atoms with Crippen LogP contribution in [0.5, 0.6) is 28.7 Å². The number of carbonyl (C=O) groups excluding carboxylic acids is 4. The number of nitrogens with one attached hydrogen (secondary N) is 1. The third-order valence-electron chi connectivity index (χ3n) is 6.98. The summed E-state index contributed by atoms with van der Waals surface area (Å²) in [6, 6.07) is 11.9. The Hall–Kier alpha value is -5.40. The fraction of sp³-hybridized carbons (Fsp3) is 0.273. The number of fused-ring (bicyclic) bond motifs is 1. The number of ether oxygens (including phenoxy) is 4. The van der Waals surface area contributed by atoms with E-state index in [0.29, 0.717) is 29.5 Å². The predicted octanol–water partition coefficient (Wildman–Crippen LogP) is 3.13. The summed E-state index contributed by atoms with van der Waals surface area (Å²) in [5.41, 5.74) is 6.81. The first-order valence-electron chi connectivity index (χ1n) is 14.3. The molecule has 0 spiro atoms. The van der Waals surface area contributed by atoms with Crippen LogP contribution >= 0.6 is 0 Å². The molecule has 0 fully saturated rings. The van der Waals surface area contributed by atoms with E-state index >= 15 is 0 Å². The Kier molecular flexibility index (Phi) is 11.3. The van der Waals surface area contributed by atoms with Crippen molar-refractivity contribution in [2.24, 2.45) is 5.73 Å². The highest BCUT2D eigenvalue weighted by atomic mass is 16.5. The van der Waals surface area contributed by atoms with Crippen molar-refractivity contribution in [3.05, 3.63) is 76.9 Å². The standard InChI is InChI=1S/C33H34N2O11/c1-43-27-11-10-25(32(41)30(27)33(34)42)35-28(39)18-45-14-13-44-12-2-3-22(37)17-46-23-15-20-6-9-24(19-4-7-21(36)8-5-19)31(40)29(20)26(38)16-23/h4-5,7-11,15-16,36,38,41H,2-3,6,12-14,17-18H2,1H3,(H2,34,42)(H,35,39). The summed E-state index contributed by atoms with van der Waals surface area (Å²) in [5, 5.41) is 32.7. The number of ketones is 2. The number of nitrogens with two attached hydrogens (primary N) is 1. The number of benzene rings is 3. The van der Waals surface area contributed by atoms with E-state index in [2.05, 4.69) is 5.32 Å². The Morgan fingerprint density at radius 2 is 1.67 bits per heavy atom. The molecule has 6 N–H and O–H groups in total. The zero-order valence-electron chi connectivity index (χ0n) is 25.0. The molecule has 0 radical (unpaired) electrons. The maximum Gasteiger partial charge on any atom is 0.256 e. The minimum absolute atomic E-state index is 0.0238. The van der Waals surface area contributed by atoms with Crippen molar-refractivity contribution < 1.29 is 53.4 Å². The highest BCUT2D eigenvalue weighted by Crippen LogP contribution is 2.37. The molecular weight excluding hydrogens is 600 g/mol. The summed E-state index contributed by atoms with van der Waals surface area (Å²) in [6.45, 7) is -0.00791. The van der Waals surface area contributed by atoms with E-state index in [1.165, 1.54) is 37.4 Å². The van der Waals surface area contributed by atoms with Gasteiger partial charge in [-0.15, -0.1) is 0 Å². The molecule has 0 aromatic heterocycles. The molecule has 3 aromatic carbocycles. The number of allylic oxidation sites excluding steroid dienone is 2. The quantitative estimate of drug-likeness (QED) is 0.114. The Balaban J connectivity index is 1.12. The number of rotatable bonds is 16. The Labute approximate surface area is 264 Å². The number of hydrogen-bond acceptors (Lipinski definition) is 11. The zero-order chi connectivity index (χ0) is 33.2. The molecule has 1 aliphatic carbocycles. The molecule has 2 amide bonds. The van der Waals surface area contributed by atoms with Gasteiger partial charge in [-0.25, -0.2) is 0 Å². The maximum atomic E-state index is 13.0. The summed E-state index contributed by atoms with van der Waals surface area (Å²) in [7, 11) is 1.31. The van der Waals surface area contributed by atoms with E-state index in [1.807, 2.05) is 0 Å². The summed E-state index contributed by atoms with van der Waals surface area (Å²) < 4.78 is 21.3. The summed E-state index contributed by atoms with van der Waals surface area (Å²) in [4.78, 5) is 49.1. The van der Waals surface area contributed by atoms with E-state index < -0.39 is 17.6 Å². The lowest BCUT2D eigenvalue weighted by molar-refractivity contribution is -0.122. The van der Waals surface area contributed by atoms with Crippen LogP contribution in [-0.2, 0) is 25.5 Å². The molecule has 0 atom stereocenters. The average Bonchev–Trinajstić information content (AvgIpc) is 3.02. The first kappa shape index (κ1) is 33.5. The first-order chi connectivity index (χ1) is 22.1. The van der Waals surface area contributed by atoms with Crippen LogP contribution in [0.3, 0.4) is 0 Å². The second-order valence-electron chi connectivity index (χ2n) is 10.2. The molecule has 1 aliphatic rings. The van der Waals surface area contributed by atoms with Gasteiger partial charge in [0.2, 0.25) is 5.91 Å². The molecule has 0 heterocycles. The van der Waals surface area contributed by atoms with Crippen LogP contribution in [0.4, 0.5) is 5.69 Å². The van der Waals surface area contributed by atoms with Crippen LogP contribution in [0.1, 0.15) is 44.7 Å². The van der Waals surface area contributed by atoms with E-state index in [9.17, 15) is 34.5 Å². The van der Waals surface area contributed by atoms with Gasteiger partial charge in [0.25, 0.3) is 5.91 Å². The lowest BCUT2D eigenvalue weighted by atomic mass is 9.86. The Morgan fingerprint density at radius 3 is 2.39 bits per heavy atom. The number of aromatic hydroxyl groups is 3. The number of Topliss-reactive ketones (excluding diaryl/α,β-unsaturated/α-hetero) is 2. The van der Waals surface area contributed by atoms with Crippen molar-refractivity contribution in [2.45, 2.75) is 19.3 Å². The fourth-order valence-corrected chi connectivity index (χ4v) is 4.75. The molecule has 0 unspecified atom stereocenters. The van der Waals surface area contributed by atoms with Gasteiger partial charge < -0.3 is 45.3 Å². The fourth-order valence-electron chi connectivity index (χ4n) is 4.75. The highest BCUT2D eigenvalue weighted by Gasteiger charge is 2.26. The van der Waals surface area contributed by atoms with Crippen LogP contribution in [0.2, 0.25) is 0 Å². The minimum atomic E-state index is -0.915. The van der Waals surface area contributed by atoms with Crippen LogP contribution in [0.15, 0.2) is 54.6 Å². The summed E-state index contributed by atoms with van der Waals surface area (Å²) in [5.74, 6) is -2.33. The SMILES string of the molecule is COc1ccc(NC(=O)COCCOCCCC(=O)COc2cc(O)c3c(c2)CC=C(c2ccc(O)cc2)C3=O)c(O)c1C(N)=O. The average molecular weight is 635 g/mol. The van der Waals surface area contributed by atoms with Crippen molar-refractivity contribution >= 4 is 34.6 Å². The van der Waals surface area contributed by atoms with Gasteiger partial charge in [0.1, 0.15) is 41.8 Å². The third kappa shape index (κ3) is 8.40. The lowest BCUT2D eigenvalue weighted by Gasteiger charge is -2.19. The summed E-state index contributed by atoms with van der Waals surface area (Å²) in [6.07, 6.45) is 2.75. The second-order valence-corrected chi connectivity index (χ2v) is 10.2. The second kappa shape index (κ2) is 15.5. The molecule has 4 rings (SSSR count). The zero-order valence-corrected chi connectivity index (χ0v) is 25.0. The molecule has 0 aliphatic heterocycles. The van der Waals surface area contributed by atoms with Crippen LogP contribution in [0, 0.1) is 0 Å². The minimum Gasteiger partial charge on any atom is -0.508 e. The van der Waals surface area contributed by atoms with Crippen molar-refractivity contribution in [1.29, 1.82) is 0 Å². The summed E-state index contributed by atoms with van der Waals surface area (Å²) >= 11 is 0. The van der Waals surface area contributed by atoms with Gasteiger partial charge in [-0.3, -0.25) is 19.2 Å². The van der Waals surface area contributed by atoms with Gasteiger partial charge in [-0.05, 0) is 54.3 Å². The molecule has 0 saturated carbocycles. The Morgan fingerprint density at radius 1 is 0.935 bits per heavy atom. The molecule has 46 heavy (non-hydrogen) atoms. The first-order valence-corrected chi connectivity index (χ1v) is 14.3. The molecule has 242 valence electrons. The number of methoxy groups -OCH3 is 1. The van der Waals surface area contributed by atoms with Gasteiger partial charge in [0.15, 0.2) is 17.3 Å². The molecule has 13 heteroatoms. The van der Waals surface area contributed by atoms with Gasteiger partial charge in [-0.2, -0.15) is 0 Å².